The number of nitrogens with zero attached hydrogens (tertiary/aromatic N) is 3. The molecular weight excluding hydrogens is 276 g/mol. The van der Waals surface area contributed by atoms with E-state index in [0.29, 0.717) is 27.9 Å². The Hall–Kier alpha value is -1.73. The lowest BCUT2D eigenvalue weighted by Gasteiger charge is -2.15. The van der Waals surface area contributed by atoms with Gasteiger partial charge in [0.1, 0.15) is 9.71 Å². The van der Waals surface area contributed by atoms with Gasteiger partial charge in [-0.1, -0.05) is 0 Å². The average Bonchev–Trinajstić information content (AvgIpc) is 3.05. The van der Waals surface area contributed by atoms with Crippen LogP contribution in [0.2, 0.25) is 0 Å². The number of nitrogens with two attached hydrogens (primary N) is 1. The smallest absolute Gasteiger partial charge is 0.266 e. The Morgan fingerprint density at radius 3 is 3.20 bits per heavy atom. The third-order valence-corrected chi connectivity index (χ3v) is 4.82. The van der Waals surface area contributed by atoms with Crippen molar-refractivity contribution >= 4 is 33.1 Å². The molecule has 0 radical (unpaired) electrons. The van der Waals surface area contributed by atoms with Crippen LogP contribution >= 0.6 is 11.3 Å². The number of fused-ring (bicyclic) bond motifs is 1. The number of thiophene rings is 1. The quantitative estimate of drug-likeness (QED) is 0.884. The van der Waals surface area contributed by atoms with E-state index in [-0.39, 0.29) is 12.5 Å². The van der Waals surface area contributed by atoms with Crippen LogP contribution in [0.5, 0.6) is 0 Å². The monoisotopic (exact) mass is 292 g/mol. The van der Waals surface area contributed by atoms with Crippen LogP contribution in [-0.2, 0) is 0 Å². The average molecular weight is 292 g/mol. The summed E-state index contributed by atoms with van der Waals surface area (Å²) in [6.07, 6.45) is 3.26. The summed E-state index contributed by atoms with van der Waals surface area (Å²) in [5, 5.41) is 17.6. The Bertz CT molecular complexity index is 642. The van der Waals surface area contributed by atoms with E-state index in [2.05, 4.69) is 10.2 Å². The molecule has 20 heavy (non-hydrogen) atoms. The predicted molar refractivity (Wildman–Crippen MR) is 77.5 cm³/mol. The molecule has 1 fully saturated rings. The van der Waals surface area contributed by atoms with Crippen molar-refractivity contribution in [1.29, 1.82) is 0 Å². The summed E-state index contributed by atoms with van der Waals surface area (Å²) >= 11 is 1.29. The van der Waals surface area contributed by atoms with E-state index in [1.54, 1.807) is 12.3 Å². The van der Waals surface area contributed by atoms with E-state index < -0.39 is 0 Å². The highest BCUT2D eigenvalue weighted by molar-refractivity contribution is 7.21. The molecule has 2 aromatic heterocycles. The van der Waals surface area contributed by atoms with Gasteiger partial charge in [0.15, 0.2) is 0 Å². The van der Waals surface area contributed by atoms with Crippen LogP contribution in [0.3, 0.4) is 0 Å². The first kappa shape index (κ1) is 13.3. The molecule has 3 rings (SSSR count). The minimum atomic E-state index is -0.0362. The van der Waals surface area contributed by atoms with E-state index in [9.17, 15) is 4.79 Å². The summed E-state index contributed by atoms with van der Waals surface area (Å²) in [5.74, 6) is 0.352. The highest BCUT2D eigenvalue weighted by Crippen LogP contribution is 2.33. The van der Waals surface area contributed by atoms with Gasteiger partial charge in [-0.05, 0) is 24.8 Å². The van der Waals surface area contributed by atoms with E-state index in [1.165, 1.54) is 11.3 Å². The van der Waals surface area contributed by atoms with Gasteiger partial charge < -0.3 is 15.7 Å². The number of aromatic nitrogens is 2. The first-order chi connectivity index (χ1) is 9.70. The van der Waals surface area contributed by atoms with Crippen LogP contribution in [0.1, 0.15) is 22.5 Å². The van der Waals surface area contributed by atoms with Crippen LogP contribution in [0.25, 0.3) is 10.2 Å². The molecule has 1 aliphatic heterocycles. The Morgan fingerprint density at radius 1 is 1.60 bits per heavy atom. The fraction of sp³-hybridized carbons (Fsp3) is 0.462. The van der Waals surface area contributed by atoms with Gasteiger partial charge in [0.25, 0.3) is 5.91 Å². The third kappa shape index (κ3) is 2.23. The molecule has 3 heterocycles. The molecule has 1 aliphatic rings. The number of carbonyl (C=O) groups is 1. The fourth-order valence-electron chi connectivity index (χ4n) is 2.61. The normalized spacial score (nSPS) is 18.9. The van der Waals surface area contributed by atoms with Crippen molar-refractivity contribution in [2.75, 3.05) is 25.4 Å². The SMILES string of the molecule is Nc1c(C(=O)N2CCC(CCO)C2)sc2nnccc12. The van der Waals surface area contributed by atoms with Gasteiger partial charge in [-0.25, -0.2) is 0 Å². The molecule has 0 aliphatic carbocycles. The molecule has 3 N–H and O–H groups in total. The lowest BCUT2D eigenvalue weighted by atomic mass is 10.1. The summed E-state index contributed by atoms with van der Waals surface area (Å²) in [6, 6.07) is 1.78. The Kier molecular flexibility index (Phi) is 3.54. The number of anilines is 1. The van der Waals surface area contributed by atoms with E-state index in [0.717, 1.165) is 24.8 Å². The largest absolute Gasteiger partial charge is 0.397 e. The summed E-state index contributed by atoms with van der Waals surface area (Å²) < 4.78 is 0. The van der Waals surface area contributed by atoms with Crippen molar-refractivity contribution in [2.24, 2.45) is 5.92 Å². The maximum absolute atomic E-state index is 12.5. The van der Waals surface area contributed by atoms with E-state index in [1.807, 2.05) is 4.90 Å². The van der Waals surface area contributed by atoms with Crippen molar-refractivity contribution in [2.45, 2.75) is 12.8 Å². The van der Waals surface area contributed by atoms with Crippen LogP contribution in [-0.4, -0.2) is 45.8 Å². The molecule has 6 nitrogen and oxygen atoms in total. The van der Waals surface area contributed by atoms with Crippen molar-refractivity contribution < 1.29 is 9.90 Å². The lowest BCUT2D eigenvalue weighted by molar-refractivity contribution is 0.0790. The Labute approximate surface area is 120 Å². The summed E-state index contributed by atoms with van der Waals surface area (Å²) in [6.45, 7) is 1.59. The third-order valence-electron chi connectivity index (χ3n) is 3.73. The lowest BCUT2D eigenvalue weighted by Crippen LogP contribution is -2.28. The zero-order valence-electron chi connectivity index (χ0n) is 11.0. The predicted octanol–water partition coefficient (Wildman–Crippen LogP) is 1.12. The topological polar surface area (TPSA) is 92.3 Å². The second-order valence-corrected chi connectivity index (χ2v) is 6.01. The number of nitrogen functional groups attached to an aromatic ring is 1. The molecule has 0 saturated carbocycles. The number of aliphatic hydroxyl groups is 1. The van der Waals surface area contributed by atoms with Gasteiger partial charge >= 0.3 is 0 Å². The minimum Gasteiger partial charge on any atom is -0.397 e. The summed E-state index contributed by atoms with van der Waals surface area (Å²) in [4.78, 5) is 15.6. The molecule has 0 bridgehead atoms. The molecular formula is C13H16N4O2S. The minimum absolute atomic E-state index is 0.0362. The molecule has 0 aromatic carbocycles. The second kappa shape index (κ2) is 5.34. The van der Waals surface area contributed by atoms with E-state index in [4.69, 9.17) is 10.8 Å². The molecule has 1 amide bonds. The number of likely N-dealkylation sites (tertiary alicyclic amines) is 1. The molecule has 1 atom stereocenters. The Balaban J connectivity index is 1.84. The van der Waals surface area contributed by atoms with Crippen molar-refractivity contribution in [3.05, 3.63) is 17.1 Å². The molecule has 2 aromatic rings. The number of rotatable bonds is 3. The van der Waals surface area contributed by atoms with Crippen molar-refractivity contribution in [3.63, 3.8) is 0 Å². The highest BCUT2D eigenvalue weighted by Gasteiger charge is 2.29. The highest BCUT2D eigenvalue weighted by atomic mass is 32.1. The number of amides is 1. The number of aliphatic hydroxyl groups excluding tert-OH is 1. The number of hydrogen-bond donors (Lipinski definition) is 2. The molecule has 1 saturated heterocycles. The van der Waals surface area contributed by atoms with Gasteiger partial charge in [-0.15, -0.1) is 16.4 Å². The Morgan fingerprint density at radius 2 is 2.45 bits per heavy atom. The zero-order valence-corrected chi connectivity index (χ0v) is 11.8. The van der Waals surface area contributed by atoms with Crippen LogP contribution in [0.15, 0.2) is 12.3 Å². The summed E-state index contributed by atoms with van der Waals surface area (Å²) in [7, 11) is 0. The van der Waals surface area contributed by atoms with Crippen LogP contribution < -0.4 is 5.73 Å². The summed E-state index contributed by atoms with van der Waals surface area (Å²) in [5.41, 5.74) is 6.55. The standard InChI is InChI=1S/C13H16N4O2S/c14-10-9-1-4-15-16-12(9)20-11(10)13(19)17-5-2-8(7-17)3-6-18/h1,4,8,18H,2-3,5-7,14H2. The first-order valence-corrected chi connectivity index (χ1v) is 7.42. The molecule has 0 spiro atoms. The maximum Gasteiger partial charge on any atom is 0.266 e. The van der Waals surface area contributed by atoms with Gasteiger partial charge in [0, 0.05) is 25.1 Å². The van der Waals surface area contributed by atoms with Crippen molar-refractivity contribution in [1.82, 2.24) is 15.1 Å². The second-order valence-electron chi connectivity index (χ2n) is 5.01. The molecule has 1 unspecified atom stereocenters. The van der Waals surface area contributed by atoms with Gasteiger partial charge in [-0.3, -0.25) is 4.79 Å². The molecule has 7 heteroatoms. The molecule has 106 valence electrons. The van der Waals surface area contributed by atoms with Crippen LogP contribution in [0, 0.1) is 5.92 Å². The van der Waals surface area contributed by atoms with Crippen LogP contribution in [0.4, 0.5) is 5.69 Å². The van der Waals surface area contributed by atoms with Gasteiger partial charge in [0.05, 0.1) is 11.9 Å². The maximum atomic E-state index is 12.5. The first-order valence-electron chi connectivity index (χ1n) is 6.60. The number of hydrogen-bond acceptors (Lipinski definition) is 6. The van der Waals surface area contributed by atoms with Crippen molar-refractivity contribution in [3.8, 4) is 0 Å². The van der Waals surface area contributed by atoms with E-state index >= 15 is 0 Å². The number of carbonyl (C=O) groups excluding carboxylic acids is 1. The fourth-order valence-corrected chi connectivity index (χ4v) is 3.62. The van der Waals surface area contributed by atoms with Gasteiger partial charge in [0.2, 0.25) is 0 Å². The van der Waals surface area contributed by atoms with Gasteiger partial charge in [-0.2, -0.15) is 5.10 Å². The zero-order chi connectivity index (χ0) is 14.1.